The first-order valence-corrected chi connectivity index (χ1v) is 7.31. The summed E-state index contributed by atoms with van der Waals surface area (Å²) in [6, 6.07) is 0.127. The van der Waals surface area contributed by atoms with Crippen LogP contribution in [0.2, 0.25) is 0 Å². The Balaban J connectivity index is 4.13. The van der Waals surface area contributed by atoms with E-state index in [1.807, 2.05) is 6.92 Å². The van der Waals surface area contributed by atoms with E-state index in [4.69, 9.17) is 5.11 Å². The van der Waals surface area contributed by atoms with Crippen molar-refractivity contribution in [3.05, 3.63) is 0 Å². The number of hydrogen-bond donors (Lipinski definition) is 2. The minimum absolute atomic E-state index is 0.0911. The summed E-state index contributed by atoms with van der Waals surface area (Å²) < 4.78 is 0. The monoisotopic (exact) mass is 286 g/mol. The number of carboxylic acids is 1. The molecule has 20 heavy (non-hydrogen) atoms. The van der Waals surface area contributed by atoms with E-state index < -0.39 is 11.5 Å². The maximum Gasteiger partial charge on any atom is 0.323 e. The van der Waals surface area contributed by atoms with Crippen molar-refractivity contribution in [1.29, 1.82) is 0 Å². The smallest absolute Gasteiger partial charge is 0.323 e. The van der Waals surface area contributed by atoms with Gasteiger partial charge < -0.3 is 10.4 Å². The molecule has 0 rings (SSSR count). The highest BCUT2D eigenvalue weighted by atomic mass is 16.4. The van der Waals surface area contributed by atoms with Gasteiger partial charge in [-0.05, 0) is 40.2 Å². The first kappa shape index (κ1) is 18.9. The van der Waals surface area contributed by atoms with Gasteiger partial charge in [0.1, 0.15) is 5.54 Å². The van der Waals surface area contributed by atoms with Gasteiger partial charge in [0.2, 0.25) is 5.91 Å². The molecule has 0 aromatic carbocycles. The van der Waals surface area contributed by atoms with Crippen molar-refractivity contribution in [3.8, 4) is 0 Å². The number of hydrogen-bond acceptors (Lipinski definition) is 3. The van der Waals surface area contributed by atoms with Crippen LogP contribution in [0.25, 0.3) is 0 Å². The molecule has 0 spiro atoms. The van der Waals surface area contributed by atoms with Crippen LogP contribution in [0, 0.1) is 5.92 Å². The molecule has 0 aliphatic heterocycles. The molecule has 2 N–H and O–H groups in total. The molecule has 1 atom stereocenters. The largest absolute Gasteiger partial charge is 0.480 e. The minimum Gasteiger partial charge on any atom is -0.480 e. The third-order valence-electron chi connectivity index (χ3n) is 3.68. The van der Waals surface area contributed by atoms with Crippen molar-refractivity contribution in [1.82, 2.24) is 10.2 Å². The number of likely N-dealkylation sites (N-methyl/N-ethyl adjacent to an activating group) is 1. The van der Waals surface area contributed by atoms with Gasteiger partial charge in [-0.25, -0.2) is 0 Å². The molecule has 0 aromatic heterocycles. The second-order valence-corrected chi connectivity index (χ2v) is 6.51. The number of nitrogens with one attached hydrogen (secondary N) is 1. The maximum atomic E-state index is 11.9. The van der Waals surface area contributed by atoms with Gasteiger partial charge >= 0.3 is 5.97 Å². The topological polar surface area (TPSA) is 69.6 Å². The molecule has 0 bridgehead atoms. The number of amides is 1. The minimum atomic E-state index is -1.04. The second-order valence-electron chi connectivity index (χ2n) is 6.51. The van der Waals surface area contributed by atoms with E-state index in [2.05, 4.69) is 19.2 Å². The highest BCUT2D eigenvalue weighted by Gasteiger charge is 2.33. The molecule has 0 aliphatic carbocycles. The number of carboxylic acid groups (broad SMARTS) is 1. The summed E-state index contributed by atoms with van der Waals surface area (Å²) in [5.74, 6) is -0.378. The van der Waals surface area contributed by atoms with Crippen molar-refractivity contribution in [2.45, 2.75) is 65.5 Å². The number of carbonyl (C=O) groups is 2. The number of carbonyl (C=O) groups excluding carboxylic acids is 1. The molecular weight excluding hydrogens is 256 g/mol. The summed E-state index contributed by atoms with van der Waals surface area (Å²) in [6.45, 7) is 9.64. The Hall–Kier alpha value is -1.10. The van der Waals surface area contributed by atoms with Crippen LogP contribution >= 0.6 is 0 Å². The van der Waals surface area contributed by atoms with Crippen LogP contribution in [0.15, 0.2) is 0 Å². The molecule has 0 saturated carbocycles. The normalized spacial score (nSPS) is 13.6. The first-order valence-electron chi connectivity index (χ1n) is 7.31. The Kier molecular flexibility index (Phi) is 7.79. The average molecular weight is 286 g/mol. The Labute approximate surface area is 122 Å². The molecule has 1 unspecified atom stereocenters. The number of rotatable bonds is 9. The molecular formula is C15H30N2O3. The number of nitrogens with zero attached hydrogens (tertiary/aromatic N) is 1. The summed E-state index contributed by atoms with van der Waals surface area (Å²) in [5, 5.41) is 12.0. The summed E-state index contributed by atoms with van der Waals surface area (Å²) >= 11 is 0. The van der Waals surface area contributed by atoms with Crippen LogP contribution in [-0.2, 0) is 9.59 Å². The predicted octanol–water partition coefficient (Wildman–Crippen LogP) is 2.11. The Bertz CT molecular complexity index is 327. The molecule has 5 heteroatoms. The molecule has 0 aliphatic rings. The van der Waals surface area contributed by atoms with E-state index in [9.17, 15) is 9.59 Å². The molecule has 0 heterocycles. The second kappa shape index (κ2) is 8.25. The summed E-state index contributed by atoms with van der Waals surface area (Å²) in [6.07, 6.45) is 3.21. The zero-order chi connectivity index (χ0) is 15.9. The summed E-state index contributed by atoms with van der Waals surface area (Å²) in [5.41, 5.74) is -1.04. The Morgan fingerprint density at radius 3 is 2.20 bits per heavy atom. The van der Waals surface area contributed by atoms with Gasteiger partial charge in [0.05, 0.1) is 6.54 Å². The van der Waals surface area contributed by atoms with Crippen molar-refractivity contribution in [3.63, 3.8) is 0 Å². The average Bonchev–Trinajstić information content (AvgIpc) is 2.27. The van der Waals surface area contributed by atoms with Crippen molar-refractivity contribution < 1.29 is 14.7 Å². The molecule has 0 aromatic rings. The van der Waals surface area contributed by atoms with Gasteiger partial charge in [-0.3, -0.25) is 14.5 Å². The Morgan fingerprint density at radius 2 is 1.75 bits per heavy atom. The van der Waals surface area contributed by atoms with E-state index in [0.29, 0.717) is 5.92 Å². The van der Waals surface area contributed by atoms with Gasteiger partial charge in [0, 0.05) is 6.04 Å². The lowest BCUT2D eigenvalue weighted by atomic mass is 10.0. The van der Waals surface area contributed by atoms with Crippen LogP contribution < -0.4 is 5.32 Å². The fourth-order valence-electron chi connectivity index (χ4n) is 1.80. The molecule has 0 radical (unpaired) electrons. The van der Waals surface area contributed by atoms with Crippen molar-refractivity contribution >= 4 is 11.9 Å². The number of aliphatic carboxylic acids is 1. The van der Waals surface area contributed by atoms with Gasteiger partial charge in [0.15, 0.2) is 0 Å². The highest BCUT2D eigenvalue weighted by molar-refractivity contribution is 5.81. The van der Waals surface area contributed by atoms with Gasteiger partial charge in [-0.2, -0.15) is 0 Å². The molecule has 0 fully saturated rings. The van der Waals surface area contributed by atoms with E-state index in [-0.39, 0.29) is 18.5 Å². The third kappa shape index (κ3) is 6.89. The van der Waals surface area contributed by atoms with Crippen molar-refractivity contribution in [2.24, 2.45) is 5.92 Å². The quantitative estimate of drug-likeness (QED) is 0.681. The standard InChI is InChI=1S/C15H30N2O3/c1-11(2)8-7-9-12(3)16-13(18)10-17(6)15(4,5)14(19)20/h11-12H,7-10H2,1-6H3,(H,16,18)(H,19,20). The lowest BCUT2D eigenvalue weighted by Gasteiger charge is -2.31. The zero-order valence-electron chi connectivity index (χ0n) is 13.7. The van der Waals surface area contributed by atoms with E-state index in [1.54, 1.807) is 25.8 Å². The highest BCUT2D eigenvalue weighted by Crippen LogP contribution is 2.12. The summed E-state index contributed by atoms with van der Waals surface area (Å²) in [4.78, 5) is 24.5. The van der Waals surface area contributed by atoms with Crippen LogP contribution in [0.4, 0.5) is 0 Å². The van der Waals surface area contributed by atoms with Crippen LogP contribution in [-0.4, -0.2) is 47.1 Å². The fourth-order valence-corrected chi connectivity index (χ4v) is 1.80. The SMILES string of the molecule is CC(C)CCCC(C)NC(=O)CN(C)C(C)(C)C(=O)O. The first-order chi connectivity index (χ1) is 9.07. The molecule has 0 saturated heterocycles. The fraction of sp³-hybridized carbons (Fsp3) is 0.867. The summed E-state index contributed by atoms with van der Waals surface area (Å²) in [7, 11) is 1.65. The molecule has 1 amide bonds. The third-order valence-corrected chi connectivity index (χ3v) is 3.68. The van der Waals surface area contributed by atoms with E-state index >= 15 is 0 Å². The van der Waals surface area contributed by atoms with Crippen molar-refractivity contribution in [2.75, 3.05) is 13.6 Å². The van der Waals surface area contributed by atoms with Crippen LogP contribution in [0.5, 0.6) is 0 Å². The predicted molar refractivity (Wildman–Crippen MR) is 80.6 cm³/mol. The van der Waals surface area contributed by atoms with Gasteiger partial charge in [-0.1, -0.05) is 26.7 Å². The lowest BCUT2D eigenvalue weighted by Crippen LogP contribution is -2.52. The maximum absolute atomic E-state index is 11.9. The van der Waals surface area contributed by atoms with Gasteiger partial charge in [-0.15, -0.1) is 0 Å². The molecule has 5 nitrogen and oxygen atoms in total. The zero-order valence-corrected chi connectivity index (χ0v) is 13.7. The van der Waals surface area contributed by atoms with Gasteiger partial charge in [0.25, 0.3) is 0 Å². The van der Waals surface area contributed by atoms with E-state index in [1.165, 1.54) is 0 Å². The lowest BCUT2D eigenvalue weighted by molar-refractivity contribution is -0.149. The van der Waals surface area contributed by atoms with Crippen LogP contribution in [0.1, 0.15) is 53.9 Å². The Morgan fingerprint density at radius 1 is 1.20 bits per heavy atom. The molecule has 118 valence electrons. The van der Waals surface area contributed by atoms with E-state index in [0.717, 1.165) is 19.3 Å². The van der Waals surface area contributed by atoms with Crippen LogP contribution in [0.3, 0.4) is 0 Å².